The number of aryl methyl sites for hydroxylation is 4. The Labute approximate surface area is 153 Å². The van der Waals surface area contributed by atoms with Gasteiger partial charge in [-0.15, -0.1) is 0 Å². The molecule has 6 rings (SSSR count). The third kappa shape index (κ3) is 4.02. The quantitative estimate of drug-likeness (QED) is 0.595. The van der Waals surface area contributed by atoms with Crippen LogP contribution >= 0.6 is 0 Å². The van der Waals surface area contributed by atoms with Crippen LogP contribution in [-0.2, 0) is 25.7 Å². The zero-order valence-corrected chi connectivity index (χ0v) is 20.5. The van der Waals surface area contributed by atoms with Gasteiger partial charge in [-0.05, 0) is 0 Å². The third-order valence-corrected chi connectivity index (χ3v) is 14.1. The molecule has 0 nitrogen and oxygen atoms in total. The first-order valence-electron chi connectivity index (χ1n) is 9.39. The summed E-state index contributed by atoms with van der Waals surface area (Å²) in [7, 11) is 0. The Morgan fingerprint density at radius 1 is 0.542 bits per heavy atom. The SMILES string of the molecule is [CH3][Ge]([CH3])([CH3])[c]1cc2ccc1CCc1ccc([c]([Ge]([CH3])([CH3])[CH3])c1)CC2. The molecule has 4 aliphatic carbocycles. The third-order valence-electron chi connectivity index (χ3n) is 5.33. The van der Waals surface area contributed by atoms with Gasteiger partial charge >= 0.3 is 154 Å². The van der Waals surface area contributed by atoms with Crippen LogP contribution in [0, 0.1) is 0 Å². The summed E-state index contributed by atoms with van der Waals surface area (Å²) in [5, 5.41) is 0. The van der Waals surface area contributed by atoms with E-state index in [-0.39, 0.29) is 0 Å². The molecule has 24 heavy (non-hydrogen) atoms. The molecule has 0 heterocycles. The maximum absolute atomic E-state index is 2.57. The van der Waals surface area contributed by atoms with Crippen molar-refractivity contribution in [3.63, 3.8) is 0 Å². The minimum atomic E-state index is -1.81. The minimum absolute atomic E-state index is 1.19. The molecule has 0 atom stereocenters. The normalized spacial score (nSPS) is 15.2. The van der Waals surface area contributed by atoms with Crippen molar-refractivity contribution in [3.05, 3.63) is 58.7 Å². The fraction of sp³-hybridized carbons (Fsp3) is 0.455. The summed E-state index contributed by atoms with van der Waals surface area (Å²) in [5.41, 5.74) is 6.34. The van der Waals surface area contributed by atoms with Gasteiger partial charge in [0.2, 0.25) is 0 Å². The van der Waals surface area contributed by atoms with Crippen LogP contribution in [0.2, 0.25) is 34.5 Å². The molecule has 0 amide bonds. The van der Waals surface area contributed by atoms with Crippen LogP contribution in [0.5, 0.6) is 0 Å². The van der Waals surface area contributed by atoms with Crippen molar-refractivity contribution in [1.82, 2.24) is 0 Å². The van der Waals surface area contributed by atoms with Gasteiger partial charge in [0.05, 0.1) is 0 Å². The van der Waals surface area contributed by atoms with Crippen LogP contribution in [0.25, 0.3) is 0 Å². The predicted octanol–water partition coefficient (Wildman–Crippen LogP) is 4.66. The molecular weight excluding hydrogens is 409 g/mol. The molecule has 0 unspecified atom stereocenters. The first-order valence-corrected chi connectivity index (χ1v) is 24.1. The molecule has 0 saturated carbocycles. The summed E-state index contributed by atoms with van der Waals surface area (Å²) < 4.78 is 3.47. The van der Waals surface area contributed by atoms with Crippen LogP contribution in [0.1, 0.15) is 22.3 Å². The fourth-order valence-electron chi connectivity index (χ4n) is 3.95. The zero-order chi connectivity index (χ0) is 17.5. The summed E-state index contributed by atoms with van der Waals surface area (Å²) in [4.78, 5) is 0. The molecule has 0 radical (unpaired) electrons. The Bertz CT molecular complexity index is 680. The second-order valence-corrected chi connectivity index (χ2v) is 30.6. The van der Waals surface area contributed by atoms with Crippen molar-refractivity contribution in [2.24, 2.45) is 0 Å². The molecular formula is C22H32Ge2. The number of hydrogen-bond donors (Lipinski definition) is 0. The summed E-state index contributed by atoms with van der Waals surface area (Å²) in [5.74, 6) is 15.2. The molecule has 128 valence electrons. The van der Waals surface area contributed by atoms with Crippen LogP contribution in [0.15, 0.2) is 36.4 Å². The summed E-state index contributed by atoms with van der Waals surface area (Å²) in [6.07, 6.45) is 4.79. The predicted molar refractivity (Wildman–Crippen MR) is 114 cm³/mol. The van der Waals surface area contributed by atoms with Crippen molar-refractivity contribution in [3.8, 4) is 0 Å². The van der Waals surface area contributed by atoms with E-state index in [4.69, 9.17) is 0 Å². The van der Waals surface area contributed by atoms with Crippen molar-refractivity contribution < 1.29 is 0 Å². The molecule has 0 fully saturated rings. The Morgan fingerprint density at radius 3 is 1.25 bits per heavy atom. The molecule has 0 N–H and O–H groups in total. The number of benzene rings is 2. The molecule has 0 aliphatic heterocycles. The van der Waals surface area contributed by atoms with Crippen molar-refractivity contribution >= 4 is 35.3 Å². The van der Waals surface area contributed by atoms with E-state index in [1.807, 2.05) is 0 Å². The van der Waals surface area contributed by atoms with Gasteiger partial charge in [0, 0.05) is 0 Å². The van der Waals surface area contributed by atoms with E-state index in [1.54, 1.807) is 31.0 Å². The van der Waals surface area contributed by atoms with Gasteiger partial charge in [0.1, 0.15) is 0 Å². The fourth-order valence-corrected chi connectivity index (χ4v) is 11.5. The van der Waals surface area contributed by atoms with Crippen molar-refractivity contribution in [2.45, 2.75) is 60.2 Å². The van der Waals surface area contributed by atoms with E-state index < -0.39 is 26.5 Å². The van der Waals surface area contributed by atoms with E-state index in [2.05, 4.69) is 70.9 Å². The Balaban J connectivity index is 2.07. The van der Waals surface area contributed by atoms with E-state index >= 15 is 0 Å². The van der Waals surface area contributed by atoms with Gasteiger partial charge < -0.3 is 0 Å². The van der Waals surface area contributed by atoms with Gasteiger partial charge in [-0.1, -0.05) is 0 Å². The average molecular weight is 442 g/mol. The molecule has 2 heteroatoms. The van der Waals surface area contributed by atoms with Crippen molar-refractivity contribution in [1.29, 1.82) is 0 Å². The maximum atomic E-state index is 2.57. The topological polar surface area (TPSA) is 0 Å². The molecule has 0 spiro atoms. The second kappa shape index (κ2) is 6.68. The summed E-state index contributed by atoms with van der Waals surface area (Å²) in [6, 6.07) is 14.8. The molecule has 2 aromatic rings. The van der Waals surface area contributed by atoms with Gasteiger partial charge in [-0.2, -0.15) is 0 Å². The van der Waals surface area contributed by atoms with Gasteiger partial charge in [0.25, 0.3) is 0 Å². The zero-order valence-electron chi connectivity index (χ0n) is 16.3. The van der Waals surface area contributed by atoms with Gasteiger partial charge in [-0.3, -0.25) is 0 Å². The monoisotopic (exact) mass is 444 g/mol. The molecule has 0 saturated heterocycles. The Hall–Kier alpha value is -0.474. The average Bonchev–Trinajstić information content (AvgIpc) is 2.47. The number of rotatable bonds is 2. The molecule has 4 aliphatic rings. The number of hydrogen-bond acceptors (Lipinski definition) is 0. The van der Waals surface area contributed by atoms with Crippen LogP contribution < -0.4 is 8.79 Å². The van der Waals surface area contributed by atoms with Crippen LogP contribution in [-0.4, -0.2) is 26.5 Å². The summed E-state index contributed by atoms with van der Waals surface area (Å²) in [6.45, 7) is 0. The summed E-state index contributed by atoms with van der Waals surface area (Å²) >= 11 is -3.63. The van der Waals surface area contributed by atoms with Crippen LogP contribution in [0.4, 0.5) is 0 Å². The van der Waals surface area contributed by atoms with E-state index in [0.717, 1.165) is 0 Å². The molecule has 2 aromatic carbocycles. The molecule has 4 bridgehead atoms. The van der Waals surface area contributed by atoms with Gasteiger partial charge in [0.15, 0.2) is 0 Å². The van der Waals surface area contributed by atoms with Gasteiger partial charge in [-0.25, -0.2) is 0 Å². The Morgan fingerprint density at radius 2 is 0.917 bits per heavy atom. The second-order valence-electron chi connectivity index (χ2n) is 9.48. The first kappa shape index (κ1) is 18.3. The Kier molecular flexibility index (Phi) is 5.10. The van der Waals surface area contributed by atoms with Crippen LogP contribution in [0.3, 0.4) is 0 Å². The first-order chi connectivity index (χ1) is 11.1. The van der Waals surface area contributed by atoms with Crippen molar-refractivity contribution in [2.75, 3.05) is 0 Å². The standard InChI is InChI=1S/C22H32Ge2/c1-23(2,3)21-15-17-7-11-19(21)13-9-18-8-12-20(14-10-17)22(16-18)24(4,5)6/h7-8,11-12,15-16H,9-10,13-14H2,1-6H3. The van der Waals surface area contributed by atoms with E-state index in [1.165, 1.54) is 25.7 Å². The van der Waals surface area contributed by atoms with E-state index in [0.29, 0.717) is 0 Å². The molecule has 0 aromatic heterocycles. The van der Waals surface area contributed by atoms with E-state index in [9.17, 15) is 0 Å².